The number of carboxylic acids is 1. The SMILES string of the molecule is CC1=C(c2cccc(O)c2)[C@H](c2ccc(OCCN3CC(CF)C3)cc2)Oc2ccc(O)cc21.O=C(O)CCC1CCCC1. The molecule has 1 saturated heterocycles. The van der Waals surface area contributed by atoms with Crippen molar-refractivity contribution in [3.05, 3.63) is 83.4 Å². The highest BCUT2D eigenvalue weighted by atomic mass is 19.1. The van der Waals surface area contributed by atoms with Gasteiger partial charge in [0.15, 0.2) is 0 Å². The minimum atomic E-state index is -0.646. The molecule has 0 aromatic heterocycles. The lowest BCUT2D eigenvalue weighted by Crippen LogP contribution is -2.49. The Bertz CT molecular complexity index is 1440. The monoisotopic (exact) mass is 603 g/mol. The van der Waals surface area contributed by atoms with Gasteiger partial charge in [-0.25, -0.2) is 0 Å². The maximum atomic E-state index is 12.6. The minimum absolute atomic E-state index is 0.176. The summed E-state index contributed by atoms with van der Waals surface area (Å²) in [5.74, 6) is 2.08. The summed E-state index contributed by atoms with van der Waals surface area (Å²) < 4.78 is 24.9. The third-order valence-electron chi connectivity index (χ3n) is 8.79. The van der Waals surface area contributed by atoms with Crippen molar-refractivity contribution in [3.8, 4) is 23.0 Å². The Labute approximate surface area is 258 Å². The summed E-state index contributed by atoms with van der Waals surface area (Å²) in [5.41, 5.74) is 4.56. The lowest BCUT2D eigenvalue weighted by molar-refractivity contribution is -0.137. The molecule has 2 aliphatic heterocycles. The van der Waals surface area contributed by atoms with Gasteiger partial charge in [-0.05, 0) is 78.4 Å². The molecular formula is C36H42FNO6. The molecule has 3 aliphatic rings. The fourth-order valence-electron chi connectivity index (χ4n) is 6.33. The molecule has 1 saturated carbocycles. The first-order chi connectivity index (χ1) is 21.3. The van der Waals surface area contributed by atoms with Crippen LogP contribution in [0.25, 0.3) is 11.1 Å². The summed E-state index contributed by atoms with van der Waals surface area (Å²) in [7, 11) is 0. The zero-order chi connectivity index (χ0) is 31.1. The van der Waals surface area contributed by atoms with Crippen molar-refractivity contribution in [3.63, 3.8) is 0 Å². The van der Waals surface area contributed by atoms with Crippen molar-refractivity contribution in [2.24, 2.45) is 11.8 Å². The lowest BCUT2D eigenvalue weighted by Gasteiger charge is -2.37. The fraction of sp³-hybridized carbons (Fsp3) is 0.417. The average molecular weight is 604 g/mol. The number of benzene rings is 3. The van der Waals surface area contributed by atoms with Crippen molar-refractivity contribution < 1.29 is 34.0 Å². The Morgan fingerprint density at radius 1 is 0.977 bits per heavy atom. The first-order valence-corrected chi connectivity index (χ1v) is 15.5. The van der Waals surface area contributed by atoms with Gasteiger partial charge in [-0.15, -0.1) is 0 Å². The number of carbonyl (C=O) groups is 1. The van der Waals surface area contributed by atoms with E-state index in [4.69, 9.17) is 14.6 Å². The van der Waals surface area contributed by atoms with Crippen LogP contribution in [0.15, 0.2) is 66.7 Å². The number of likely N-dealkylation sites (tertiary alicyclic amines) is 1. The molecule has 0 unspecified atom stereocenters. The number of phenolic OH excluding ortho intramolecular Hbond substituents is 2. The predicted octanol–water partition coefficient (Wildman–Crippen LogP) is 7.48. The maximum absolute atomic E-state index is 12.6. The van der Waals surface area contributed by atoms with Crippen LogP contribution in [0.2, 0.25) is 0 Å². The third-order valence-corrected chi connectivity index (χ3v) is 8.79. The zero-order valence-electron chi connectivity index (χ0n) is 25.3. The molecule has 7 nitrogen and oxygen atoms in total. The number of allylic oxidation sites excluding steroid dienone is 1. The van der Waals surface area contributed by atoms with Gasteiger partial charge in [0.25, 0.3) is 0 Å². The highest BCUT2D eigenvalue weighted by Crippen LogP contribution is 2.47. The molecule has 1 aliphatic carbocycles. The highest BCUT2D eigenvalue weighted by Gasteiger charge is 2.30. The van der Waals surface area contributed by atoms with E-state index in [0.29, 0.717) is 18.8 Å². The van der Waals surface area contributed by atoms with Crippen LogP contribution in [-0.4, -0.2) is 59.1 Å². The van der Waals surface area contributed by atoms with E-state index in [-0.39, 0.29) is 30.2 Å². The number of halogens is 1. The number of phenols is 2. The van der Waals surface area contributed by atoms with Crippen molar-refractivity contribution in [1.29, 1.82) is 0 Å². The van der Waals surface area contributed by atoms with Gasteiger partial charge in [-0.3, -0.25) is 14.1 Å². The van der Waals surface area contributed by atoms with Crippen molar-refractivity contribution in [2.75, 3.05) is 32.9 Å². The van der Waals surface area contributed by atoms with Crippen LogP contribution in [0.3, 0.4) is 0 Å². The van der Waals surface area contributed by atoms with Crippen LogP contribution in [0.5, 0.6) is 23.0 Å². The molecule has 2 heterocycles. The Hall–Kier alpha value is -4.04. The second-order valence-electron chi connectivity index (χ2n) is 12.0. The van der Waals surface area contributed by atoms with E-state index >= 15 is 0 Å². The number of aromatic hydroxyl groups is 2. The van der Waals surface area contributed by atoms with Crippen LogP contribution < -0.4 is 9.47 Å². The molecule has 0 amide bonds. The summed E-state index contributed by atoms with van der Waals surface area (Å²) in [6, 6.07) is 20.1. The molecule has 0 spiro atoms. The van der Waals surface area contributed by atoms with Crippen LogP contribution in [0.1, 0.15) is 68.2 Å². The second kappa shape index (κ2) is 14.6. The fourth-order valence-corrected chi connectivity index (χ4v) is 6.33. The standard InChI is InChI=1S/C28H28FNO4.C8H14O2/c1-18-25-14-23(32)7-10-26(25)34-28(27(18)21-3-2-4-22(31)13-21)20-5-8-24(9-6-20)33-12-11-30-16-19(15-29)17-30;9-8(10)6-5-7-3-1-2-4-7/h2-10,13-14,19,28,31-32H,11-12,15-17H2,1H3;7H,1-6H2,(H,9,10)/t28-;/m0./s1. The number of alkyl halides is 1. The van der Waals surface area contributed by atoms with Gasteiger partial charge >= 0.3 is 5.97 Å². The summed E-state index contributed by atoms with van der Waals surface area (Å²) in [5, 5.41) is 28.5. The van der Waals surface area contributed by atoms with Gasteiger partial charge in [0.1, 0.15) is 35.7 Å². The van der Waals surface area contributed by atoms with E-state index in [1.165, 1.54) is 25.7 Å². The van der Waals surface area contributed by atoms with Crippen molar-refractivity contribution in [1.82, 2.24) is 4.90 Å². The van der Waals surface area contributed by atoms with E-state index in [0.717, 1.165) is 65.6 Å². The number of ether oxygens (including phenoxy) is 2. The highest BCUT2D eigenvalue weighted by molar-refractivity contribution is 5.95. The summed E-state index contributed by atoms with van der Waals surface area (Å²) >= 11 is 0. The summed E-state index contributed by atoms with van der Waals surface area (Å²) in [6.07, 6.45) is 6.02. The number of hydrogen-bond acceptors (Lipinski definition) is 6. The average Bonchev–Trinajstić information content (AvgIpc) is 3.52. The van der Waals surface area contributed by atoms with Gasteiger partial charge in [0, 0.05) is 43.1 Å². The molecule has 8 heteroatoms. The number of aliphatic carboxylic acids is 1. The molecule has 3 aromatic carbocycles. The third kappa shape index (κ3) is 7.91. The quantitative estimate of drug-likeness (QED) is 0.221. The van der Waals surface area contributed by atoms with E-state index in [2.05, 4.69) is 4.90 Å². The Morgan fingerprint density at radius 2 is 1.70 bits per heavy atom. The van der Waals surface area contributed by atoms with E-state index < -0.39 is 5.97 Å². The first kappa shape index (κ1) is 31.4. The molecule has 3 N–H and O–H groups in total. The van der Waals surface area contributed by atoms with Crippen LogP contribution in [0.4, 0.5) is 4.39 Å². The molecular weight excluding hydrogens is 561 g/mol. The van der Waals surface area contributed by atoms with Gasteiger partial charge in [0.05, 0.1) is 6.67 Å². The molecule has 44 heavy (non-hydrogen) atoms. The number of nitrogens with zero attached hydrogens (tertiary/aromatic N) is 1. The second-order valence-corrected chi connectivity index (χ2v) is 12.0. The van der Waals surface area contributed by atoms with Gasteiger partial charge in [-0.2, -0.15) is 0 Å². The first-order valence-electron chi connectivity index (χ1n) is 15.5. The Balaban J connectivity index is 0.000000328. The predicted molar refractivity (Wildman–Crippen MR) is 169 cm³/mol. The van der Waals surface area contributed by atoms with Gasteiger partial charge in [0.2, 0.25) is 0 Å². The molecule has 2 fully saturated rings. The molecule has 6 rings (SSSR count). The van der Waals surface area contributed by atoms with E-state index in [9.17, 15) is 19.4 Å². The molecule has 1 atom stereocenters. The number of rotatable bonds is 10. The topological polar surface area (TPSA) is 99.5 Å². The number of carboxylic acid groups (broad SMARTS) is 1. The molecule has 0 bridgehead atoms. The lowest BCUT2D eigenvalue weighted by atomic mass is 9.86. The minimum Gasteiger partial charge on any atom is -0.508 e. The van der Waals surface area contributed by atoms with Gasteiger partial charge in [-0.1, -0.05) is 49.9 Å². The Morgan fingerprint density at radius 3 is 2.39 bits per heavy atom. The normalized spacial score (nSPS) is 18.5. The van der Waals surface area contributed by atoms with Crippen molar-refractivity contribution >= 4 is 17.1 Å². The largest absolute Gasteiger partial charge is 0.508 e. The van der Waals surface area contributed by atoms with E-state index in [1.54, 1.807) is 30.3 Å². The Kier molecular flexibility index (Phi) is 10.4. The van der Waals surface area contributed by atoms with E-state index in [1.807, 2.05) is 43.3 Å². The smallest absolute Gasteiger partial charge is 0.303 e. The number of hydrogen-bond donors (Lipinski definition) is 3. The summed E-state index contributed by atoms with van der Waals surface area (Å²) in [6.45, 7) is 4.72. The molecule has 3 aromatic rings. The summed E-state index contributed by atoms with van der Waals surface area (Å²) in [4.78, 5) is 12.3. The van der Waals surface area contributed by atoms with Crippen molar-refractivity contribution in [2.45, 2.75) is 51.6 Å². The number of fused-ring (bicyclic) bond motifs is 1. The van der Waals surface area contributed by atoms with Crippen LogP contribution in [-0.2, 0) is 4.79 Å². The van der Waals surface area contributed by atoms with Crippen LogP contribution >= 0.6 is 0 Å². The van der Waals surface area contributed by atoms with Crippen LogP contribution in [0, 0.1) is 11.8 Å². The maximum Gasteiger partial charge on any atom is 0.303 e. The van der Waals surface area contributed by atoms with Gasteiger partial charge < -0.3 is 24.8 Å². The molecule has 0 radical (unpaired) electrons. The molecule has 234 valence electrons. The zero-order valence-corrected chi connectivity index (χ0v) is 25.3.